The Kier molecular flexibility index (Phi) is 4.47. The van der Waals surface area contributed by atoms with E-state index in [4.69, 9.17) is 27.9 Å². The highest BCUT2D eigenvalue weighted by molar-refractivity contribution is 6.35. The SMILES string of the molecule is Fc1cccc(N2CCOC(c3cc(F)c(Cl)cc3Cl)C2)n1. The van der Waals surface area contributed by atoms with Crippen molar-refractivity contribution in [2.45, 2.75) is 6.10 Å². The maximum Gasteiger partial charge on any atom is 0.214 e. The average molecular weight is 345 g/mol. The molecule has 0 radical (unpaired) electrons. The summed E-state index contributed by atoms with van der Waals surface area (Å²) in [5.41, 5.74) is 0.518. The van der Waals surface area contributed by atoms with Crippen LogP contribution in [0.25, 0.3) is 0 Å². The molecule has 0 N–H and O–H groups in total. The van der Waals surface area contributed by atoms with E-state index in [-0.39, 0.29) is 5.02 Å². The molecule has 1 aromatic heterocycles. The number of rotatable bonds is 2. The lowest BCUT2D eigenvalue weighted by atomic mass is 10.1. The fourth-order valence-corrected chi connectivity index (χ4v) is 2.91. The lowest BCUT2D eigenvalue weighted by molar-refractivity contribution is 0.0393. The third-order valence-electron chi connectivity index (χ3n) is 3.48. The molecule has 1 fully saturated rings. The van der Waals surface area contributed by atoms with E-state index in [1.807, 2.05) is 4.90 Å². The highest BCUT2D eigenvalue weighted by Gasteiger charge is 2.25. The lowest BCUT2D eigenvalue weighted by Gasteiger charge is -2.34. The van der Waals surface area contributed by atoms with Crippen LogP contribution in [0.5, 0.6) is 0 Å². The lowest BCUT2D eigenvalue weighted by Crippen LogP contribution is -2.39. The van der Waals surface area contributed by atoms with Crippen LogP contribution in [-0.4, -0.2) is 24.7 Å². The molecule has 3 rings (SSSR count). The van der Waals surface area contributed by atoms with Crippen LogP contribution < -0.4 is 4.90 Å². The molecular formula is C15H12Cl2F2N2O. The molecule has 22 heavy (non-hydrogen) atoms. The Morgan fingerprint density at radius 2 is 2.00 bits per heavy atom. The van der Waals surface area contributed by atoms with Crippen molar-refractivity contribution in [2.75, 3.05) is 24.6 Å². The van der Waals surface area contributed by atoms with Gasteiger partial charge >= 0.3 is 0 Å². The predicted octanol–water partition coefficient (Wildman–Crippen LogP) is 4.24. The van der Waals surface area contributed by atoms with Crippen LogP contribution in [0.2, 0.25) is 10.0 Å². The first-order valence-corrected chi connectivity index (χ1v) is 7.44. The number of benzene rings is 1. The highest BCUT2D eigenvalue weighted by atomic mass is 35.5. The van der Waals surface area contributed by atoms with Gasteiger partial charge in [-0.25, -0.2) is 9.37 Å². The van der Waals surface area contributed by atoms with Crippen LogP contribution in [0.1, 0.15) is 11.7 Å². The van der Waals surface area contributed by atoms with Gasteiger partial charge in [0.05, 0.1) is 11.6 Å². The summed E-state index contributed by atoms with van der Waals surface area (Å²) in [6, 6.07) is 7.23. The van der Waals surface area contributed by atoms with Crippen molar-refractivity contribution in [3.8, 4) is 0 Å². The topological polar surface area (TPSA) is 25.4 Å². The van der Waals surface area contributed by atoms with Crippen LogP contribution in [0, 0.1) is 11.8 Å². The van der Waals surface area contributed by atoms with E-state index in [0.29, 0.717) is 36.1 Å². The van der Waals surface area contributed by atoms with E-state index in [1.54, 1.807) is 12.1 Å². The van der Waals surface area contributed by atoms with E-state index in [9.17, 15) is 8.78 Å². The van der Waals surface area contributed by atoms with Crippen LogP contribution in [0.3, 0.4) is 0 Å². The van der Waals surface area contributed by atoms with Crippen molar-refractivity contribution >= 4 is 29.0 Å². The van der Waals surface area contributed by atoms with Gasteiger partial charge in [0, 0.05) is 23.7 Å². The van der Waals surface area contributed by atoms with E-state index < -0.39 is 17.9 Å². The minimum Gasteiger partial charge on any atom is -0.370 e. The van der Waals surface area contributed by atoms with Crippen molar-refractivity contribution < 1.29 is 13.5 Å². The maximum absolute atomic E-state index is 13.7. The summed E-state index contributed by atoms with van der Waals surface area (Å²) in [5.74, 6) is -0.583. The Morgan fingerprint density at radius 3 is 2.77 bits per heavy atom. The van der Waals surface area contributed by atoms with Gasteiger partial charge in [0.1, 0.15) is 17.7 Å². The third kappa shape index (κ3) is 3.16. The molecule has 1 aromatic carbocycles. The van der Waals surface area contributed by atoms with Gasteiger partial charge in [-0.15, -0.1) is 0 Å². The molecule has 0 bridgehead atoms. The average Bonchev–Trinajstić information content (AvgIpc) is 2.51. The predicted molar refractivity (Wildman–Crippen MR) is 81.5 cm³/mol. The van der Waals surface area contributed by atoms with Crippen LogP contribution in [0.4, 0.5) is 14.6 Å². The van der Waals surface area contributed by atoms with Crippen LogP contribution in [0.15, 0.2) is 30.3 Å². The summed E-state index contributed by atoms with van der Waals surface area (Å²) in [6.07, 6.45) is -0.432. The summed E-state index contributed by atoms with van der Waals surface area (Å²) in [5, 5.41) is 0.304. The zero-order valence-electron chi connectivity index (χ0n) is 11.4. The van der Waals surface area contributed by atoms with Crippen molar-refractivity contribution in [3.63, 3.8) is 0 Å². The van der Waals surface area contributed by atoms with Gasteiger partial charge in [-0.2, -0.15) is 4.39 Å². The number of pyridine rings is 1. The van der Waals surface area contributed by atoms with Gasteiger partial charge in [0.25, 0.3) is 0 Å². The third-order valence-corrected chi connectivity index (χ3v) is 4.09. The smallest absolute Gasteiger partial charge is 0.214 e. The zero-order valence-corrected chi connectivity index (χ0v) is 12.9. The number of halogens is 4. The van der Waals surface area contributed by atoms with E-state index >= 15 is 0 Å². The quantitative estimate of drug-likeness (QED) is 0.601. The number of hydrogen-bond acceptors (Lipinski definition) is 3. The van der Waals surface area contributed by atoms with Gasteiger partial charge in [0.15, 0.2) is 0 Å². The first-order valence-electron chi connectivity index (χ1n) is 6.68. The standard InChI is InChI=1S/C15H12Cl2F2N2O/c16-10-7-11(17)12(18)6-9(10)13-8-21(4-5-22-13)15-3-1-2-14(19)20-15/h1-3,6-7,13H,4-5,8H2. The minimum absolute atomic E-state index is 0.0341. The molecule has 0 saturated carbocycles. The first kappa shape index (κ1) is 15.5. The molecule has 0 amide bonds. The molecule has 116 valence electrons. The van der Waals surface area contributed by atoms with E-state index in [0.717, 1.165) is 0 Å². The molecule has 1 aliphatic rings. The second kappa shape index (κ2) is 6.36. The minimum atomic E-state index is -0.550. The molecule has 2 aromatic rings. The molecule has 0 aliphatic carbocycles. The Morgan fingerprint density at radius 1 is 1.18 bits per heavy atom. The van der Waals surface area contributed by atoms with Gasteiger partial charge in [-0.1, -0.05) is 29.3 Å². The Balaban J connectivity index is 1.86. The number of aromatic nitrogens is 1. The Bertz CT molecular complexity index is 699. The van der Waals surface area contributed by atoms with E-state index in [2.05, 4.69) is 4.98 Å². The second-order valence-corrected chi connectivity index (χ2v) is 5.73. The summed E-state index contributed by atoms with van der Waals surface area (Å²) < 4.78 is 32.6. The normalized spacial score (nSPS) is 18.5. The van der Waals surface area contributed by atoms with Crippen molar-refractivity contribution in [2.24, 2.45) is 0 Å². The number of nitrogens with zero attached hydrogens (tertiary/aromatic N) is 2. The number of ether oxygens (including phenoxy) is 1. The Labute approximate surface area is 136 Å². The Hall–Kier alpha value is -1.43. The zero-order chi connectivity index (χ0) is 15.7. The number of hydrogen-bond donors (Lipinski definition) is 0. The number of morpholine rings is 1. The summed E-state index contributed by atoms with van der Waals surface area (Å²) >= 11 is 11.8. The molecular weight excluding hydrogens is 333 g/mol. The van der Waals surface area contributed by atoms with Gasteiger partial charge < -0.3 is 9.64 Å². The largest absolute Gasteiger partial charge is 0.370 e. The second-order valence-electron chi connectivity index (χ2n) is 4.91. The molecule has 1 unspecified atom stereocenters. The molecule has 2 heterocycles. The van der Waals surface area contributed by atoms with Gasteiger partial charge in [-0.05, 0) is 24.3 Å². The molecule has 1 saturated heterocycles. The van der Waals surface area contributed by atoms with Crippen molar-refractivity contribution in [1.82, 2.24) is 4.98 Å². The fraction of sp³-hybridized carbons (Fsp3) is 0.267. The summed E-state index contributed by atoms with van der Waals surface area (Å²) in [7, 11) is 0. The molecule has 7 heteroatoms. The highest BCUT2D eigenvalue weighted by Crippen LogP contribution is 2.33. The maximum atomic E-state index is 13.7. The summed E-state index contributed by atoms with van der Waals surface area (Å²) in [4.78, 5) is 5.73. The first-order chi connectivity index (χ1) is 10.5. The van der Waals surface area contributed by atoms with Crippen LogP contribution >= 0.6 is 23.2 Å². The van der Waals surface area contributed by atoms with Crippen LogP contribution in [-0.2, 0) is 4.74 Å². The molecule has 0 spiro atoms. The fourth-order valence-electron chi connectivity index (χ4n) is 2.40. The molecule has 3 nitrogen and oxygen atoms in total. The van der Waals surface area contributed by atoms with Gasteiger partial charge in [-0.3, -0.25) is 0 Å². The van der Waals surface area contributed by atoms with Crippen molar-refractivity contribution in [1.29, 1.82) is 0 Å². The number of anilines is 1. The van der Waals surface area contributed by atoms with Gasteiger partial charge in [0.2, 0.25) is 5.95 Å². The summed E-state index contributed by atoms with van der Waals surface area (Å²) in [6.45, 7) is 1.38. The molecule has 1 atom stereocenters. The molecule has 1 aliphatic heterocycles. The van der Waals surface area contributed by atoms with E-state index in [1.165, 1.54) is 18.2 Å². The van der Waals surface area contributed by atoms with Crippen molar-refractivity contribution in [3.05, 3.63) is 57.7 Å². The monoisotopic (exact) mass is 344 g/mol.